The predicted molar refractivity (Wildman–Crippen MR) is 70.6 cm³/mol. The van der Waals surface area contributed by atoms with Gasteiger partial charge in [0.15, 0.2) is 5.41 Å². The number of likely N-dealkylation sites (tertiary alicyclic amines) is 1. The van der Waals surface area contributed by atoms with Crippen LogP contribution in [-0.4, -0.2) is 49.3 Å². The molecule has 134 valence electrons. The Balaban J connectivity index is 1.96. The normalized spacial score (nSPS) is 23.3. The van der Waals surface area contributed by atoms with Crippen molar-refractivity contribution in [3.63, 3.8) is 0 Å². The summed E-state index contributed by atoms with van der Waals surface area (Å²) < 4.78 is 77.8. The molecule has 0 saturated carbocycles. The first-order valence-electron chi connectivity index (χ1n) is 7.69. The van der Waals surface area contributed by atoms with Gasteiger partial charge in [-0.3, -0.25) is 4.79 Å². The van der Waals surface area contributed by atoms with E-state index in [0.717, 1.165) is 30.8 Å². The monoisotopic (exact) mass is 346 g/mol. The molecule has 23 heavy (non-hydrogen) atoms. The summed E-state index contributed by atoms with van der Waals surface area (Å²) in [7, 11) is 0. The maximum Gasteiger partial charge on any atom is 0.404 e. The van der Waals surface area contributed by atoms with Crippen molar-refractivity contribution in [1.82, 2.24) is 10.2 Å². The largest absolute Gasteiger partial charge is 0.404 e. The molecule has 0 aromatic rings. The summed E-state index contributed by atoms with van der Waals surface area (Å²) in [4.78, 5) is 12.7. The van der Waals surface area contributed by atoms with Crippen molar-refractivity contribution in [2.75, 3.05) is 26.2 Å². The summed E-state index contributed by atoms with van der Waals surface area (Å²) in [5, 5.41) is 3.16. The van der Waals surface area contributed by atoms with Crippen molar-refractivity contribution in [3.8, 4) is 0 Å². The van der Waals surface area contributed by atoms with Gasteiger partial charge in [0.25, 0.3) is 0 Å². The van der Waals surface area contributed by atoms with Gasteiger partial charge in [-0.15, -0.1) is 0 Å². The fourth-order valence-corrected chi connectivity index (χ4v) is 3.30. The highest BCUT2D eigenvalue weighted by molar-refractivity contribution is 5.76. The lowest BCUT2D eigenvalue weighted by Gasteiger charge is -2.33. The second kappa shape index (κ2) is 6.49. The minimum atomic E-state index is -5.41. The third-order valence-electron chi connectivity index (χ3n) is 4.93. The standard InChI is InChI=1S/C14H20F6N2O/c15-13(16,17)12(14(18,19)20)5-8-22(9-12)11(23)2-1-10-3-6-21-7-4-10/h10,21H,1-9H2. The first kappa shape index (κ1) is 18.4. The zero-order valence-electron chi connectivity index (χ0n) is 12.6. The molecule has 2 rings (SSSR count). The Labute approximate surface area is 130 Å². The third kappa shape index (κ3) is 3.75. The van der Waals surface area contributed by atoms with E-state index in [2.05, 4.69) is 5.32 Å². The summed E-state index contributed by atoms with van der Waals surface area (Å²) in [6.07, 6.45) is -9.65. The Bertz CT molecular complexity index is 414. The molecule has 0 unspecified atom stereocenters. The van der Waals surface area contributed by atoms with Crippen molar-refractivity contribution in [2.24, 2.45) is 11.3 Å². The molecule has 9 heteroatoms. The molecule has 2 aliphatic heterocycles. The van der Waals surface area contributed by atoms with Crippen LogP contribution in [0.15, 0.2) is 0 Å². The maximum atomic E-state index is 13.0. The molecule has 2 aliphatic rings. The van der Waals surface area contributed by atoms with E-state index < -0.39 is 43.2 Å². The molecule has 1 amide bonds. The van der Waals surface area contributed by atoms with Gasteiger partial charge < -0.3 is 10.2 Å². The van der Waals surface area contributed by atoms with Crippen LogP contribution in [0.5, 0.6) is 0 Å². The molecule has 0 aromatic heterocycles. The van der Waals surface area contributed by atoms with Gasteiger partial charge in [-0.2, -0.15) is 26.3 Å². The molecule has 0 atom stereocenters. The molecule has 0 radical (unpaired) electrons. The lowest BCUT2D eigenvalue weighted by molar-refractivity contribution is -0.334. The quantitative estimate of drug-likeness (QED) is 0.797. The van der Waals surface area contributed by atoms with E-state index in [1.54, 1.807) is 0 Å². The summed E-state index contributed by atoms with van der Waals surface area (Å²) in [5.41, 5.74) is -3.79. The average Bonchev–Trinajstić information content (AvgIpc) is 2.92. The smallest absolute Gasteiger partial charge is 0.341 e. The van der Waals surface area contributed by atoms with E-state index in [1.165, 1.54) is 0 Å². The third-order valence-corrected chi connectivity index (χ3v) is 4.93. The number of piperidine rings is 1. The lowest BCUT2D eigenvalue weighted by atomic mass is 9.85. The fourth-order valence-electron chi connectivity index (χ4n) is 3.30. The van der Waals surface area contributed by atoms with Gasteiger partial charge in [-0.1, -0.05) is 0 Å². The summed E-state index contributed by atoms with van der Waals surface area (Å²) in [5.74, 6) is -0.309. The van der Waals surface area contributed by atoms with Gasteiger partial charge in [-0.25, -0.2) is 0 Å². The second-order valence-corrected chi connectivity index (χ2v) is 6.37. The molecule has 0 spiro atoms. The number of halogens is 6. The van der Waals surface area contributed by atoms with Crippen LogP contribution in [0.25, 0.3) is 0 Å². The van der Waals surface area contributed by atoms with Gasteiger partial charge >= 0.3 is 12.4 Å². The summed E-state index contributed by atoms with van der Waals surface area (Å²) in [6, 6.07) is 0. The molecule has 1 N–H and O–H groups in total. The Morgan fingerprint density at radius 2 is 1.65 bits per heavy atom. The van der Waals surface area contributed by atoms with Crippen molar-refractivity contribution >= 4 is 5.91 Å². The number of rotatable bonds is 3. The zero-order valence-corrected chi connectivity index (χ0v) is 12.6. The van der Waals surface area contributed by atoms with Gasteiger partial charge in [-0.05, 0) is 44.7 Å². The molecule has 0 aromatic carbocycles. The Kier molecular flexibility index (Phi) is 5.18. The molecular formula is C14H20F6N2O. The van der Waals surface area contributed by atoms with Crippen LogP contribution in [0.2, 0.25) is 0 Å². The first-order valence-corrected chi connectivity index (χ1v) is 7.69. The minimum absolute atomic E-state index is 0.0104. The van der Waals surface area contributed by atoms with Crippen LogP contribution in [0, 0.1) is 11.3 Å². The zero-order chi connectivity index (χ0) is 17.3. The van der Waals surface area contributed by atoms with Crippen LogP contribution in [0.3, 0.4) is 0 Å². The highest BCUT2D eigenvalue weighted by Crippen LogP contribution is 2.55. The summed E-state index contributed by atoms with van der Waals surface area (Å²) >= 11 is 0. The number of carbonyl (C=O) groups is 1. The van der Waals surface area contributed by atoms with Gasteiger partial charge in [0.05, 0.1) is 0 Å². The number of alkyl halides is 6. The summed E-state index contributed by atoms with van der Waals surface area (Å²) in [6.45, 7) is -0.156. The number of amides is 1. The maximum absolute atomic E-state index is 13.0. The molecule has 2 fully saturated rings. The number of hydrogen-bond donors (Lipinski definition) is 1. The van der Waals surface area contributed by atoms with Crippen LogP contribution < -0.4 is 5.32 Å². The highest BCUT2D eigenvalue weighted by atomic mass is 19.4. The fraction of sp³-hybridized carbons (Fsp3) is 0.929. The molecule has 0 bridgehead atoms. The predicted octanol–water partition coefficient (Wildman–Crippen LogP) is 3.11. The van der Waals surface area contributed by atoms with E-state index >= 15 is 0 Å². The van der Waals surface area contributed by atoms with E-state index in [-0.39, 0.29) is 6.42 Å². The Morgan fingerprint density at radius 1 is 1.09 bits per heavy atom. The van der Waals surface area contributed by atoms with Crippen molar-refractivity contribution in [3.05, 3.63) is 0 Å². The molecule has 3 nitrogen and oxygen atoms in total. The van der Waals surface area contributed by atoms with Crippen molar-refractivity contribution < 1.29 is 31.1 Å². The molecule has 2 heterocycles. The van der Waals surface area contributed by atoms with E-state index in [1.807, 2.05) is 0 Å². The number of nitrogens with zero attached hydrogens (tertiary/aromatic N) is 1. The van der Waals surface area contributed by atoms with E-state index in [9.17, 15) is 31.1 Å². The Hall–Kier alpha value is -0.990. The van der Waals surface area contributed by atoms with Crippen LogP contribution in [-0.2, 0) is 4.79 Å². The van der Waals surface area contributed by atoms with Gasteiger partial charge in [0, 0.05) is 19.5 Å². The number of nitrogens with one attached hydrogen (secondary N) is 1. The van der Waals surface area contributed by atoms with Crippen molar-refractivity contribution in [2.45, 2.75) is 44.5 Å². The van der Waals surface area contributed by atoms with Crippen LogP contribution >= 0.6 is 0 Å². The molecular weight excluding hydrogens is 326 g/mol. The first-order chi connectivity index (χ1) is 10.6. The molecule has 0 aliphatic carbocycles. The van der Waals surface area contributed by atoms with E-state index in [0.29, 0.717) is 12.3 Å². The molecule has 2 saturated heterocycles. The topological polar surface area (TPSA) is 32.3 Å². The van der Waals surface area contributed by atoms with Gasteiger partial charge in [0.1, 0.15) is 0 Å². The number of hydrogen-bond acceptors (Lipinski definition) is 2. The number of carbonyl (C=O) groups excluding carboxylic acids is 1. The van der Waals surface area contributed by atoms with E-state index in [4.69, 9.17) is 0 Å². The SMILES string of the molecule is O=C(CCC1CCNCC1)N1CCC(C(F)(F)F)(C(F)(F)F)C1. The van der Waals surface area contributed by atoms with Crippen molar-refractivity contribution in [1.29, 1.82) is 0 Å². The Morgan fingerprint density at radius 3 is 2.13 bits per heavy atom. The average molecular weight is 346 g/mol. The van der Waals surface area contributed by atoms with Crippen LogP contribution in [0.1, 0.15) is 32.1 Å². The van der Waals surface area contributed by atoms with Crippen LogP contribution in [0.4, 0.5) is 26.3 Å². The lowest BCUT2D eigenvalue weighted by Crippen LogP contribution is -2.52. The van der Waals surface area contributed by atoms with Gasteiger partial charge in [0.2, 0.25) is 5.91 Å². The highest BCUT2D eigenvalue weighted by Gasteiger charge is 2.72. The minimum Gasteiger partial charge on any atom is -0.341 e. The second-order valence-electron chi connectivity index (χ2n) is 6.37.